The molecule has 0 heterocycles. The molecule has 90 valence electrons. The first kappa shape index (κ1) is 13.2. The van der Waals surface area contributed by atoms with E-state index in [1.807, 2.05) is 44.2 Å². The summed E-state index contributed by atoms with van der Waals surface area (Å²) in [7, 11) is 0. The van der Waals surface area contributed by atoms with Gasteiger partial charge in [-0.15, -0.1) is 0 Å². The second-order valence-corrected chi connectivity index (χ2v) is 3.85. The molecule has 2 N–H and O–H groups in total. The molecule has 0 aliphatic rings. The van der Waals surface area contributed by atoms with Gasteiger partial charge >= 0.3 is 0 Å². The van der Waals surface area contributed by atoms with Crippen molar-refractivity contribution in [1.82, 2.24) is 5.32 Å². The first-order valence-electron chi connectivity index (χ1n) is 5.79. The predicted octanol–water partition coefficient (Wildman–Crippen LogP) is 1.73. The monoisotopic (exact) mass is 223 g/mol. The van der Waals surface area contributed by atoms with E-state index in [1.54, 1.807) is 0 Å². The maximum Gasteiger partial charge on any atom is 0.0914 e. The van der Waals surface area contributed by atoms with Gasteiger partial charge in [0.1, 0.15) is 0 Å². The van der Waals surface area contributed by atoms with Crippen molar-refractivity contribution < 1.29 is 9.84 Å². The molecular formula is C13H21NO2. The topological polar surface area (TPSA) is 41.5 Å². The predicted molar refractivity (Wildman–Crippen MR) is 65.4 cm³/mol. The summed E-state index contributed by atoms with van der Waals surface area (Å²) in [5.41, 5.74) is 0.944. The number of hydrogen-bond acceptors (Lipinski definition) is 3. The molecule has 0 bridgehead atoms. The van der Waals surface area contributed by atoms with Crippen molar-refractivity contribution in [1.29, 1.82) is 0 Å². The molecule has 0 fully saturated rings. The maximum absolute atomic E-state index is 9.86. The van der Waals surface area contributed by atoms with E-state index in [2.05, 4.69) is 5.32 Å². The highest BCUT2D eigenvalue weighted by Crippen LogP contribution is 2.10. The molecule has 1 aromatic carbocycles. The minimum atomic E-state index is -0.449. The molecule has 1 rings (SSSR count). The van der Waals surface area contributed by atoms with Crippen molar-refractivity contribution in [2.75, 3.05) is 19.7 Å². The van der Waals surface area contributed by atoms with Gasteiger partial charge in [0, 0.05) is 19.7 Å². The Morgan fingerprint density at radius 3 is 2.56 bits per heavy atom. The largest absolute Gasteiger partial charge is 0.387 e. The lowest BCUT2D eigenvalue weighted by Crippen LogP contribution is -2.30. The van der Waals surface area contributed by atoms with Crippen molar-refractivity contribution in [3.05, 3.63) is 35.9 Å². The van der Waals surface area contributed by atoms with E-state index in [4.69, 9.17) is 4.74 Å². The number of nitrogens with one attached hydrogen (secondary N) is 1. The summed E-state index contributed by atoms with van der Waals surface area (Å²) in [5.74, 6) is 0. The van der Waals surface area contributed by atoms with E-state index in [0.717, 1.165) is 18.7 Å². The number of aliphatic hydroxyl groups excluding tert-OH is 1. The first-order valence-corrected chi connectivity index (χ1v) is 5.79. The van der Waals surface area contributed by atoms with Crippen LogP contribution in [0.5, 0.6) is 0 Å². The average molecular weight is 223 g/mol. The lowest BCUT2D eigenvalue weighted by molar-refractivity contribution is 0.0723. The van der Waals surface area contributed by atoms with Gasteiger partial charge in [0.2, 0.25) is 0 Å². The Hall–Kier alpha value is -0.900. The third kappa shape index (κ3) is 4.75. The molecule has 3 heteroatoms. The van der Waals surface area contributed by atoms with Crippen LogP contribution in [0.25, 0.3) is 0 Å². The Labute approximate surface area is 97.4 Å². The summed E-state index contributed by atoms with van der Waals surface area (Å²) in [6, 6.07) is 9.67. The summed E-state index contributed by atoms with van der Waals surface area (Å²) in [6.07, 6.45) is -0.261. The standard InChI is InChI=1S/C13H21NO2/c1-3-16-11(2)9-14-10-13(15)12-7-5-4-6-8-12/h4-8,11,13-15H,3,9-10H2,1-2H3. The lowest BCUT2D eigenvalue weighted by Gasteiger charge is -2.15. The molecule has 0 aromatic heterocycles. The fraction of sp³-hybridized carbons (Fsp3) is 0.538. The second kappa shape index (κ2) is 7.39. The van der Waals surface area contributed by atoms with Gasteiger partial charge in [-0.2, -0.15) is 0 Å². The van der Waals surface area contributed by atoms with Crippen molar-refractivity contribution in [2.45, 2.75) is 26.1 Å². The molecular weight excluding hydrogens is 202 g/mol. The average Bonchev–Trinajstić information content (AvgIpc) is 2.30. The SMILES string of the molecule is CCOC(C)CNCC(O)c1ccccc1. The van der Waals surface area contributed by atoms with Crippen LogP contribution in [0.3, 0.4) is 0 Å². The zero-order valence-corrected chi connectivity index (χ0v) is 10.0. The first-order chi connectivity index (χ1) is 7.74. The molecule has 0 spiro atoms. The van der Waals surface area contributed by atoms with Crippen molar-refractivity contribution in [2.24, 2.45) is 0 Å². The van der Waals surface area contributed by atoms with E-state index >= 15 is 0 Å². The van der Waals surface area contributed by atoms with Crippen molar-refractivity contribution >= 4 is 0 Å². The Morgan fingerprint density at radius 1 is 1.25 bits per heavy atom. The summed E-state index contributed by atoms with van der Waals surface area (Å²) in [4.78, 5) is 0. The van der Waals surface area contributed by atoms with Crippen molar-refractivity contribution in [3.8, 4) is 0 Å². The van der Waals surface area contributed by atoms with E-state index in [9.17, 15) is 5.11 Å². The third-order valence-electron chi connectivity index (χ3n) is 2.41. The van der Waals surface area contributed by atoms with Crippen molar-refractivity contribution in [3.63, 3.8) is 0 Å². The summed E-state index contributed by atoms with van der Waals surface area (Å²) >= 11 is 0. The molecule has 1 aromatic rings. The Bertz CT molecular complexity index is 277. The molecule has 16 heavy (non-hydrogen) atoms. The van der Waals surface area contributed by atoms with Crippen LogP contribution in [0.2, 0.25) is 0 Å². The van der Waals surface area contributed by atoms with E-state index < -0.39 is 6.10 Å². The van der Waals surface area contributed by atoms with Crippen LogP contribution in [-0.2, 0) is 4.74 Å². The summed E-state index contributed by atoms with van der Waals surface area (Å²) in [5, 5.41) is 13.1. The number of rotatable bonds is 7. The van der Waals surface area contributed by atoms with Gasteiger partial charge in [-0.3, -0.25) is 0 Å². The van der Waals surface area contributed by atoms with E-state index in [-0.39, 0.29) is 6.10 Å². The Kier molecular flexibility index (Phi) is 6.08. The third-order valence-corrected chi connectivity index (χ3v) is 2.41. The number of ether oxygens (including phenoxy) is 1. The highest BCUT2D eigenvalue weighted by Gasteiger charge is 2.07. The molecule has 3 nitrogen and oxygen atoms in total. The highest BCUT2D eigenvalue weighted by molar-refractivity contribution is 5.17. The zero-order valence-electron chi connectivity index (χ0n) is 10.0. The molecule has 2 unspecified atom stereocenters. The minimum absolute atomic E-state index is 0.188. The number of aliphatic hydroxyl groups is 1. The fourth-order valence-corrected chi connectivity index (χ4v) is 1.56. The highest BCUT2D eigenvalue weighted by atomic mass is 16.5. The molecule has 0 radical (unpaired) electrons. The van der Waals surface area contributed by atoms with Gasteiger partial charge in [0.05, 0.1) is 12.2 Å². The molecule has 2 atom stereocenters. The Balaban J connectivity index is 2.23. The van der Waals surface area contributed by atoms with Crippen LogP contribution in [0.1, 0.15) is 25.5 Å². The molecule has 0 aliphatic carbocycles. The van der Waals surface area contributed by atoms with Gasteiger partial charge < -0.3 is 15.2 Å². The molecule has 0 saturated heterocycles. The van der Waals surface area contributed by atoms with Gasteiger partial charge in [0.25, 0.3) is 0 Å². The normalized spacial score (nSPS) is 14.7. The lowest BCUT2D eigenvalue weighted by atomic mass is 10.1. The van der Waals surface area contributed by atoms with Crippen LogP contribution in [0.15, 0.2) is 30.3 Å². The zero-order chi connectivity index (χ0) is 11.8. The fourth-order valence-electron chi connectivity index (χ4n) is 1.56. The summed E-state index contributed by atoms with van der Waals surface area (Å²) in [6.45, 7) is 6.05. The van der Waals surface area contributed by atoms with Crippen LogP contribution >= 0.6 is 0 Å². The van der Waals surface area contributed by atoms with Gasteiger partial charge in [0.15, 0.2) is 0 Å². The summed E-state index contributed by atoms with van der Waals surface area (Å²) < 4.78 is 5.39. The Morgan fingerprint density at radius 2 is 1.94 bits per heavy atom. The second-order valence-electron chi connectivity index (χ2n) is 3.85. The van der Waals surface area contributed by atoms with Crippen LogP contribution in [0, 0.1) is 0 Å². The number of benzene rings is 1. The van der Waals surface area contributed by atoms with Crippen LogP contribution < -0.4 is 5.32 Å². The van der Waals surface area contributed by atoms with E-state index in [1.165, 1.54) is 0 Å². The van der Waals surface area contributed by atoms with Crippen LogP contribution in [0.4, 0.5) is 0 Å². The molecule has 0 saturated carbocycles. The van der Waals surface area contributed by atoms with Gasteiger partial charge in [-0.1, -0.05) is 30.3 Å². The molecule has 0 amide bonds. The minimum Gasteiger partial charge on any atom is -0.387 e. The van der Waals surface area contributed by atoms with Gasteiger partial charge in [-0.05, 0) is 19.4 Å². The maximum atomic E-state index is 9.86. The van der Waals surface area contributed by atoms with Gasteiger partial charge in [-0.25, -0.2) is 0 Å². The molecule has 0 aliphatic heterocycles. The quantitative estimate of drug-likeness (QED) is 0.739. The number of hydrogen-bond donors (Lipinski definition) is 2. The van der Waals surface area contributed by atoms with E-state index in [0.29, 0.717) is 6.54 Å². The smallest absolute Gasteiger partial charge is 0.0914 e. The van der Waals surface area contributed by atoms with Crippen LogP contribution in [-0.4, -0.2) is 30.9 Å².